The lowest BCUT2D eigenvalue weighted by molar-refractivity contribution is -0.121. The summed E-state index contributed by atoms with van der Waals surface area (Å²) in [7, 11) is 0. The number of carbonyl (C=O) groups excluding carboxylic acids is 1. The summed E-state index contributed by atoms with van der Waals surface area (Å²) < 4.78 is 18.4. The first-order chi connectivity index (χ1) is 8.19. The fourth-order valence-corrected chi connectivity index (χ4v) is 1.27. The highest BCUT2D eigenvalue weighted by atomic mass is 19.1. The van der Waals surface area contributed by atoms with Crippen molar-refractivity contribution in [1.29, 1.82) is 5.26 Å². The third kappa shape index (κ3) is 3.76. The van der Waals surface area contributed by atoms with Crippen LogP contribution in [-0.4, -0.2) is 19.1 Å². The Morgan fingerprint density at radius 3 is 3.00 bits per heavy atom. The number of nitrogens with one attached hydrogen (secondary N) is 1. The van der Waals surface area contributed by atoms with E-state index in [-0.39, 0.29) is 30.2 Å². The number of amides is 1. The molecule has 0 heterocycles. The van der Waals surface area contributed by atoms with Gasteiger partial charge in [-0.15, -0.1) is 0 Å². The third-order valence-corrected chi connectivity index (χ3v) is 2.05. The molecule has 0 saturated heterocycles. The number of nitrogens with zero attached hydrogens (tertiary/aromatic N) is 1. The summed E-state index contributed by atoms with van der Waals surface area (Å²) in [5.41, 5.74) is -0.136. The van der Waals surface area contributed by atoms with E-state index >= 15 is 0 Å². The zero-order valence-corrected chi connectivity index (χ0v) is 9.50. The van der Waals surface area contributed by atoms with E-state index in [0.29, 0.717) is 6.54 Å². The molecule has 1 rings (SSSR count). The number of hydrogen-bond acceptors (Lipinski definition) is 3. The average molecular weight is 236 g/mol. The van der Waals surface area contributed by atoms with Crippen LogP contribution in [0.1, 0.15) is 18.9 Å². The molecule has 0 aliphatic heterocycles. The molecule has 0 aliphatic rings. The zero-order valence-electron chi connectivity index (χ0n) is 9.50. The number of nitriles is 1. The van der Waals surface area contributed by atoms with Crippen molar-refractivity contribution in [2.75, 3.05) is 13.2 Å². The van der Waals surface area contributed by atoms with Crippen LogP contribution in [0.25, 0.3) is 0 Å². The van der Waals surface area contributed by atoms with Crippen LogP contribution in [0.15, 0.2) is 18.2 Å². The lowest BCUT2D eigenvalue weighted by atomic mass is 10.2. The quantitative estimate of drug-likeness (QED) is 0.844. The fraction of sp³-hybridized carbons (Fsp3) is 0.333. The normalized spacial score (nSPS) is 9.47. The second kappa shape index (κ2) is 6.48. The topological polar surface area (TPSA) is 62.1 Å². The molecule has 1 aromatic rings. The van der Waals surface area contributed by atoms with E-state index in [1.807, 2.05) is 6.92 Å². The van der Waals surface area contributed by atoms with Gasteiger partial charge in [0.25, 0.3) is 0 Å². The van der Waals surface area contributed by atoms with Gasteiger partial charge in [-0.2, -0.15) is 5.26 Å². The first-order valence-electron chi connectivity index (χ1n) is 5.27. The first kappa shape index (κ1) is 13.0. The van der Waals surface area contributed by atoms with Gasteiger partial charge in [0, 0.05) is 6.54 Å². The standard InChI is InChI=1S/C12H13FN2O2/c1-2-15-12(16)6-7-17-11-5-3-4-10(13)9(11)8-14/h3-5H,2,6-7H2,1H3,(H,15,16). The second-order valence-electron chi connectivity index (χ2n) is 3.28. The van der Waals surface area contributed by atoms with E-state index in [0.717, 1.165) is 0 Å². The molecular formula is C12H13FN2O2. The summed E-state index contributed by atoms with van der Waals surface area (Å²) in [4.78, 5) is 11.1. The molecule has 0 spiro atoms. The van der Waals surface area contributed by atoms with Gasteiger partial charge in [0.1, 0.15) is 23.2 Å². The molecule has 1 N–H and O–H groups in total. The van der Waals surface area contributed by atoms with Crippen LogP contribution in [0.2, 0.25) is 0 Å². The number of halogens is 1. The maximum absolute atomic E-state index is 13.2. The van der Waals surface area contributed by atoms with E-state index < -0.39 is 5.82 Å². The van der Waals surface area contributed by atoms with Gasteiger partial charge in [0.2, 0.25) is 5.91 Å². The predicted molar refractivity (Wildman–Crippen MR) is 59.9 cm³/mol. The highest BCUT2D eigenvalue weighted by Gasteiger charge is 2.09. The molecule has 0 fully saturated rings. The van der Waals surface area contributed by atoms with Crippen molar-refractivity contribution in [2.45, 2.75) is 13.3 Å². The van der Waals surface area contributed by atoms with Crippen LogP contribution in [0, 0.1) is 17.1 Å². The van der Waals surface area contributed by atoms with Crippen LogP contribution in [0.4, 0.5) is 4.39 Å². The Hall–Kier alpha value is -2.09. The van der Waals surface area contributed by atoms with Crippen molar-refractivity contribution >= 4 is 5.91 Å². The van der Waals surface area contributed by atoms with Gasteiger partial charge in [0.05, 0.1) is 13.0 Å². The SMILES string of the molecule is CCNC(=O)CCOc1cccc(F)c1C#N. The summed E-state index contributed by atoms with van der Waals surface area (Å²) in [5.74, 6) is -0.595. The average Bonchev–Trinajstić information content (AvgIpc) is 2.29. The lowest BCUT2D eigenvalue weighted by Crippen LogP contribution is -2.24. The van der Waals surface area contributed by atoms with Crippen LogP contribution in [-0.2, 0) is 4.79 Å². The third-order valence-electron chi connectivity index (χ3n) is 2.05. The lowest BCUT2D eigenvalue weighted by Gasteiger charge is -2.07. The summed E-state index contributed by atoms with van der Waals surface area (Å²) >= 11 is 0. The Morgan fingerprint density at radius 1 is 1.59 bits per heavy atom. The number of benzene rings is 1. The fourth-order valence-electron chi connectivity index (χ4n) is 1.27. The van der Waals surface area contributed by atoms with Crippen LogP contribution >= 0.6 is 0 Å². The zero-order chi connectivity index (χ0) is 12.7. The molecule has 17 heavy (non-hydrogen) atoms. The smallest absolute Gasteiger partial charge is 0.223 e. The van der Waals surface area contributed by atoms with Crippen LogP contribution in [0.3, 0.4) is 0 Å². The Bertz CT molecular complexity index is 441. The Labute approximate surface area is 99.0 Å². The maximum Gasteiger partial charge on any atom is 0.223 e. The van der Waals surface area contributed by atoms with Gasteiger partial charge < -0.3 is 10.1 Å². The minimum atomic E-state index is -0.622. The number of rotatable bonds is 5. The van der Waals surface area contributed by atoms with Crippen molar-refractivity contribution in [3.05, 3.63) is 29.6 Å². The van der Waals surface area contributed by atoms with E-state index in [2.05, 4.69) is 5.32 Å². The molecule has 1 amide bonds. The Balaban J connectivity index is 2.56. The Morgan fingerprint density at radius 2 is 2.35 bits per heavy atom. The molecular weight excluding hydrogens is 223 g/mol. The molecule has 4 nitrogen and oxygen atoms in total. The van der Waals surface area contributed by atoms with E-state index in [1.165, 1.54) is 18.2 Å². The highest BCUT2D eigenvalue weighted by molar-refractivity contribution is 5.75. The van der Waals surface area contributed by atoms with E-state index in [1.54, 1.807) is 6.07 Å². The van der Waals surface area contributed by atoms with Crippen molar-refractivity contribution < 1.29 is 13.9 Å². The van der Waals surface area contributed by atoms with Crippen molar-refractivity contribution in [3.8, 4) is 11.8 Å². The van der Waals surface area contributed by atoms with Gasteiger partial charge in [0.15, 0.2) is 0 Å². The largest absolute Gasteiger partial charge is 0.492 e. The molecule has 0 aromatic heterocycles. The minimum absolute atomic E-state index is 0.115. The van der Waals surface area contributed by atoms with E-state index in [4.69, 9.17) is 10.00 Å². The summed E-state index contributed by atoms with van der Waals surface area (Å²) in [6.07, 6.45) is 0.176. The molecule has 5 heteroatoms. The number of hydrogen-bond donors (Lipinski definition) is 1. The van der Waals surface area contributed by atoms with Crippen molar-refractivity contribution in [1.82, 2.24) is 5.32 Å². The number of carbonyl (C=O) groups is 1. The molecule has 0 unspecified atom stereocenters. The monoisotopic (exact) mass is 236 g/mol. The minimum Gasteiger partial charge on any atom is -0.492 e. The first-order valence-corrected chi connectivity index (χ1v) is 5.27. The Kier molecular flexibility index (Phi) is 4.95. The highest BCUT2D eigenvalue weighted by Crippen LogP contribution is 2.20. The predicted octanol–water partition coefficient (Wildman–Crippen LogP) is 1.60. The summed E-state index contributed by atoms with van der Waals surface area (Å²) in [6, 6.07) is 5.87. The van der Waals surface area contributed by atoms with Gasteiger partial charge >= 0.3 is 0 Å². The van der Waals surface area contributed by atoms with Crippen LogP contribution in [0.5, 0.6) is 5.75 Å². The molecule has 1 aromatic carbocycles. The molecule has 90 valence electrons. The van der Waals surface area contributed by atoms with Crippen LogP contribution < -0.4 is 10.1 Å². The van der Waals surface area contributed by atoms with Gasteiger partial charge in [-0.3, -0.25) is 4.79 Å². The van der Waals surface area contributed by atoms with Crippen molar-refractivity contribution in [3.63, 3.8) is 0 Å². The molecule has 0 bridgehead atoms. The molecule has 0 aliphatic carbocycles. The maximum atomic E-state index is 13.2. The summed E-state index contributed by atoms with van der Waals surface area (Å²) in [6.45, 7) is 2.49. The van der Waals surface area contributed by atoms with Gasteiger partial charge in [-0.1, -0.05) is 6.07 Å². The van der Waals surface area contributed by atoms with Gasteiger partial charge in [-0.25, -0.2) is 4.39 Å². The number of ether oxygens (including phenoxy) is 1. The molecule has 0 saturated carbocycles. The van der Waals surface area contributed by atoms with E-state index in [9.17, 15) is 9.18 Å². The summed E-state index contributed by atoms with van der Waals surface area (Å²) in [5, 5.41) is 11.4. The second-order valence-corrected chi connectivity index (χ2v) is 3.28. The van der Waals surface area contributed by atoms with Crippen molar-refractivity contribution in [2.24, 2.45) is 0 Å². The molecule has 0 radical (unpaired) electrons. The van der Waals surface area contributed by atoms with Gasteiger partial charge in [-0.05, 0) is 19.1 Å². The molecule has 0 atom stereocenters.